The molecule has 0 aliphatic heterocycles. The molecule has 4 N–H and O–H groups in total. The van der Waals surface area contributed by atoms with E-state index in [0.29, 0.717) is 5.82 Å². The monoisotopic (exact) mass is 278 g/mol. The van der Waals surface area contributed by atoms with E-state index in [2.05, 4.69) is 32.5 Å². The Bertz CT molecular complexity index is 513. The molecule has 1 atom stereocenters. The molecule has 2 rings (SSSR count). The topological polar surface area (TPSA) is 88.8 Å². The molecule has 1 unspecified atom stereocenters. The SMILES string of the molecule is CCCNc1cc(NC(C)c2nccs2)nc(N)n1. The van der Waals surface area contributed by atoms with Gasteiger partial charge < -0.3 is 16.4 Å². The Balaban J connectivity index is 2.09. The van der Waals surface area contributed by atoms with Gasteiger partial charge in [-0.15, -0.1) is 11.3 Å². The van der Waals surface area contributed by atoms with Crippen LogP contribution in [0.1, 0.15) is 31.3 Å². The van der Waals surface area contributed by atoms with Crippen LogP contribution in [0.25, 0.3) is 0 Å². The average molecular weight is 278 g/mol. The quantitative estimate of drug-likeness (QED) is 0.752. The lowest BCUT2D eigenvalue weighted by molar-refractivity contribution is 0.859. The Morgan fingerprint density at radius 1 is 1.37 bits per heavy atom. The Morgan fingerprint density at radius 2 is 2.16 bits per heavy atom. The van der Waals surface area contributed by atoms with Crippen molar-refractivity contribution in [1.29, 1.82) is 0 Å². The number of aromatic nitrogens is 3. The largest absolute Gasteiger partial charge is 0.370 e. The Labute approximate surface area is 116 Å². The number of hydrogen-bond donors (Lipinski definition) is 3. The van der Waals surface area contributed by atoms with Gasteiger partial charge in [0.2, 0.25) is 5.95 Å². The minimum atomic E-state index is 0.0910. The molecule has 102 valence electrons. The summed E-state index contributed by atoms with van der Waals surface area (Å²) in [5.74, 6) is 1.70. The van der Waals surface area contributed by atoms with E-state index in [1.165, 1.54) is 0 Å². The molecule has 0 saturated carbocycles. The van der Waals surface area contributed by atoms with Crippen LogP contribution in [0.3, 0.4) is 0 Å². The molecule has 2 aromatic rings. The van der Waals surface area contributed by atoms with Crippen molar-refractivity contribution in [3.05, 3.63) is 22.7 Å². The zero-order valence-corrected chi connectivity index (χ0v) is 11.9. The second kappa shape index (κ2) is 6.33. The molecule has 0 spiro atoms. The van der Waals surface area contributed by atoms with Gasteiger partial charge in [-0.25, -0.2) is 4.98 Å². The van der Waals surface area contributed by atoms with Gasteiger partial charge in [0.1, 0.15) is 16.6 Å². The van der Waals surface area contributed by atoms with E-state index in [9.17, 15) is 0 Å². The van der Waals surface area contributed by atoms with E-state index in [-0.39, 0.29) is 12.0 Å². The summed E-state index contributed by atoms with van der Waals surface area (Å²) in [6.07, 6.45) is 2.82. The van der Waals surface area contributed by atoms with Crippen molar-refractivity contribution in [2.24, 2.45) is 0 Å². The lowest BCUT2D eigenvalue weighted by Crippen LogP contribution is -2.11. The lowest BCUT2D eigenvalue weighted by Gasteiger charge is -2.13. The van der Waals surface area contributed by atoms with Crippen LogP contribution in [0, 0.1) is 0 Å². The highest BCUT2D eigenvalue weighted by molar-refractivity contribution is 7.09. The normalized spacial score (nSPS) is 12.1. The number of nitrogens with two attached hydrogens (primary N) is 1. The Morgan fingerprint density at radius 3 is 2.84 bits per heavy atom. The number of thiazole rings is 1. The summed E-state index contributed by atoms with van der Waals surface area (Å²) in [4.78, 5) is 12.6. The molecule has 0 radical (unpaired) electrons. The predicted molar refractivity (Wildman–Crippen MR) is 79.4 cm³/mol. The minimum absolute atomic E-state index is 0.0910. The standard InChI is InChI=1S/C12H18N6S/c1-3-4-14-9-7-10(18-12(13)17-9)16-8(2)11-15-5-6-19-11/h5-8H,3-4H2,1-2H3,(H4,13,14,16,17,18). The molecule has 0 aromatic carbocycles. The molecule has 0 fully saturated rings. The zero-order chi connectivity index (χ0) is 13.7. The van der Waals surface area contributed by atoms with Crippen LogP contribution >= 0.6 is 11.3 Å². The van der Waals surface area contributed by atoms with Crippen LogP contribution in [-0.4, -0.2) is 21.5 Å². The van der Waals surface area contributed by atoms with Gasteiger partial charge in [0.25, 0.3) is 0 Å². The molecular weight excluding hydrogens is 260 g/mol. The molecule has 0 bridgehead atoms. The summed E-state index contributed by atoms with van der Waals surface area (Å²) in [5, 5.41) is 9.45. The summed E-state index contributed by atoms with van der Waals surface area (Å²) in [6, 6.07) is 1.95. The summed E-state index contributed by atoms with van der Waals surface area (Å²) >= 11 is 1.61. The molecule has 0 aliphatic carbocycles. The molecule has 19 heavy (non-hydrogen) atoms. The third-order valence-corrected chi connectivity index (χ3v) is 3.44. The maximum Gasteiger partial charge on any atom is 0.223 e. The van der Waals surface area contributed by atoms with Gasteiger partial charge in [-0.3, -0.25) is 0 Å². The van der Waals surface area contributed by atoms with Crippen molar-refractivity contribution in [3.8, 4) is 0 Å². The van der Waals surface area contributed by atoms with Crippen LogP contribution in [0.15, 0.2) is 17.6 Å². The van der Waals surface area contributed by atoms with Crippen molar-refractivity contribution in [2.75, 3.05) is 22.9 Å². The van der Waals surface area contributed by atoms with Crippen LogP contribution in [-0.2, 0) is 0 Å². The van der Waals surface area contributed by atoms with E-state index >= 15 is 0 Å². The first-order chi connectivity index (χ1) is 9.19. The highest BCUT2D eigenvalue weighted by Gasteiger charge is 2.10. The summed E-state index contributed by atoms with van der Waals surface area (Å²) in [6.45, 7) is 5.00. The Hall–Kier alpha value is -1.89. The predicted octanol–water partition coefficient (Wildman–Crippen LogP) is 2.51. The maximum absolute atomic E-state index is 5.71. The minimum Gasteiger partial charge on any atom is -0.370 e. The number of rotatable bonds is 6. The van der Waals surface area contributed by atoms with Crippen molar-refractivity contribution in [2.45, 2.75) is 26.3 Å². The second-order valence-corrected chi connectivity index (χ2v) is 5.09. The van der Waals surface area contributed by atoms with E-state index < -0.39 is 0 Å². The molecule has 2 heterocycles. The first kappa shape index (κ1) is 13.5. The highest BCUT2D eigenvalue weighted by Crippen LogP contribution is 2.21. The van der Waals surface area contributed by atoms with Gasteiger partial charge in [0.15, 0.2) is 0 Å². The van der Waals surface area contributed by atoms with Crippen LogP contribution in [0.4, 0.5) is 17.6 Å². The van der Waals surface area contributed by atoms with Crippen molar-refractivity contribution in [3.63, 3.8) is 0 Å². The van der Waals surface area contributed by atoms with Gasteiger partial charge in [-0.1, -0.05) is 6.92 Å². The summed E-state index contributed by atoms with van der Waals surface area (Å²) in [5.41, 5.74) is 5.71. The molecule has 6 nitrogen and oxygen atoms in total. The van der Waals surface area contributed by atoms with E-state index in [4.69, 9.17) is 5.73 Å². The smallest absolute Gasteiger partial charge is 0.223 e. The third kappa shape index (κ3) is 3.78. The first-order valence-corrected chi connectivity index (χ1v) is 7.11. The van der Waals surface area contributed by atoms with E-state index in [0.717, 1.165) is 23.8 Å². The van der Waals surface area contributed by atoms with Gasteiger partial charge in [0, 0.05) is 24.2 Å². The number of nitrogens with one attached hydrogen (secondary N) is 2. The van der Waals surface area contributed by atoms with Gasteiger partial charge in [0.05, 0.1) is 6.04 Å². The van der Waals surface area contributed by atoms with Crippen molar-refractivity contribution in [1.82, 2.24) is 15.0 Å². The average Bonchev–Trinajstić information content (AvgIpc) is 2.89. The molecule has 0 amide bonds. The fourth-order valence-corrected chi connectivity index (χ4v) is 2.26. The summed E-state index contributed by atoms with van der Waals surface area (Å²) in [7, 11) is 0. The molecular formula is C12H18N6S. The Kier molecular flexibility index (Phi) is 4.51. The molecule has 0 saturated heterocycles. The number of nitrogen functional groups attached to an aromatic ring is 1. The van der Waals surface area contributed by atoms with Gasteiger partial charge in [-0.2, -0.15) is 9.97 Å². The number of hydrogen-bond acceptors (Lipinski definition) is 7. The first-order valence-electron chi connectivity index (χ1n) is 6.23. The van der Waals surface area contributed by atoms with Crippen LogP contribution in [0.2, 0.25) is 0 Å². The fraction of sp³-hybridized carbons (Fsp3) is 0.417. The van der Waals surface area contributed by atoms with E-state index in [1.807, 2.05) is 18.4 Å². The summed E-state index contributed by atoms with van der Waals surface area (Å²) < 4.78 is 0. The molecule has 7 heteroatoms. The second-order valence-electron chi connectivity index (χ2n) is 4.16. The fourth-order valence-electron chi connectivity index (χ4n) is 1.62. The van der Waals surface area contributed by atoms with Crippen molar-refractivity contribution < 1.29 is 0 Å². The number of nitrogens with zero attached hydrogens (tertiary/aromatic N) is 3. The molecule has 2 aromatic heterocycles. The molecule has 0 aliphatic rings. The van der Waals surface area contributed by atoms with E-state index in [1.54, 1.807) is 17.5 Å². The van der Waals surface area contributed by atoms with Crippen LogP contribution < -0.4 is 16.4 Å². The highest BCUT2D eigenvalue weighted by atomic mass is 32.1. The number of anilines is 3. The third-order valence-electron chi connectivity index (χ3n) is 2.49. The van der Waals surface area contributed by atoms with Crippen LogP contribution in [0.5, 0.6) is 0 Å². The zero-order valence-electron chi connectivity index (χ0n) is 11.1. The lowest BCUT2D eigenvalue weighted by atomic mass is 10.3. The maximum atomic E-state index is 5.71. The van der Waals surface area contributed by atoms with Gasteiger partial charge in [-0.05, 0) is 13.3 Å². The van der Waals surface area contributed by atoms with Gasteiger partial charge >= 0.3 is 0 Å². The van der Waals surface area contributed by atoms with Crippen molar-refractivity contribution >= 4 is 28.9 Å².